The molecule has 2 aromatic carbocycles. The topological polar surface area (TPSA) is 116 Å². The fourth-order valence-corrected chi connectivity index (χ4v) is 2.19. The molecule has 0 fully saturated rings. The van der Waals surface area contributed by atoms with Crippen LogP contribution < -0.4 is 5.32 Å². The number of halogens is 1. The molecular formula is C14H9ClN6O3. The van der Waals surface area contributed by atoms with Gasteiger partial charge in [0.25, 0.3) is 11.6 Å². The summed E-state index contributed by atoms with van der Waals surface area (Å²) in [5.74, 6) is -0.497. The van der Waals surface area contributed by atoms with Crippen molar-refractivity contribution >= 4 is 28.9 Å². The predicted octanol–water partition coefficient (Wildman–Crippen LogP) is 2.48. The van der Waals surface area contributed by atoms with E-state index in [1.54, 1.807) is 24.3 Å². The van der Waals surface area contributed by atoms with Crippen molar-refractivity contribution in [3.8, 4) is 5.69 Å². The third-order valence-corrected chi connectivity index (χ3v) is 3.44. The normalized spacial score (nSPS) is 10.4. The van der Waals surface area contributed by atoms with Crippen molar-refractivity contribution in [1.82, 2.24) is 20.2 Å². The first-order valence-electron chi connectivity index (χ1n) is 6.63. The van der Waals surface area contributed by atoms with E-state index in [2.05, 4.69) is 20.8 Å². The van der Waals surface area contributed by atoms with Gasteiger partial charge in [0.15, 0.2) is 0 Å². The van der Waals surface area contributed by atoms with Gasteiger partial charge in [-0.15, -0.1) is 5.10 Å². The zero-order valence-electron chi connectivity index (χ0n) is 12.0. The van der Waals surface area contributed by atoms with Crippen LogP contribution in [0.25, 0.3) is 5.69 Å². The number of nitro groups is 1. The number of amides is 1. The summed E-state index contributed by atoms with van der Waals surface area (Å²) in [5.41, 5.74) is 0.941. The van der Waals surface area contributed by atoms with E-state index in [1.165, 1.54) is 23.1 Å². The first kappa shape index (κ1) is 15.6. The van der Waals surface area contributed by atoms with Crippen molar-refractivity contribution in [2.24, 2.45) is 0 Å². The van der Waals surface area contributed by atoms with E-state index >= 15 is 0 Å². The van der Waals surface area contributed by atoms with Gasteiger partial charge in [-0.25, -0.2) is 4.68 Å². The van der Waals surface area contributed by atoms with Crippen LogP contribution in [0.3, 0.4) is 0 Å². The number of nitrogens with one attached hydrogen (secondary N) is 1. The Morgan fingerprint density at radius 1 is 1.25 bits per heavy atom. The van der Waals surface area contributed by atoms with Crippen LogP contribution in [0.2, 0.25) is 5.02 Å². The molecule has 9 nitrogen and oxygen atoms in total. The molecule has 0 aliphatic rings. The van der Waals surface area contributed by atoms with Crippen LogP contribution in [-0.2, 0) is 0 Å². The Morgan fingerprint density at radius 3 is 2.79 bits per heavy atom. The summed E-state index contributed by atoms with van der Waals surface area (Å²) in [6, 6.07) is 10.7. The van der Waals surface area contributed by atoms with Gasteiger partial charge in [0.2, 0.25) is 0 Å². The van der Waals surface area contributed by atoms with Gasteiger partial charge >= 0.3 is 0 Å². The Hall–Kier alpha value is -3.33. The lowest BCUT2D eigenvalue weighted by Crippen LogP contribution is -2.12. The molecule has 3 aromatic rings. The third-order valence-electron chi connectivity index (χ3n) is 3.12. The van der Waals surface area contributed by atoms with E-state index in [0.717, 1.165) is 6.07 Å². The second kappa shape index (κ2) is 6.42. The number of carbonyl (C=O) groups excluding carboxylic acids is 1. The molecule has 0 spiro atoms. The second-order valence-corrected chi connectivity index (χ2v) is 5.09. The van der Waals surface area contributed by atoms with Gasteiger partial charge in [0, 0.05) is 17.3 Å². The SMILES string of the molecule is O=C(Nc1cccc(-n2cnnn2)c1)c1ccc(Cl)c([N+](=O)[O-])c1. The Labute approximate surface area is 140 Å². The number of rotatable bonds is 4. The molecule has 0 unspecified atom stereocenters. The van der Waals surface area contributed by atoms with Crippen molar-refractivity contribution in [3.63, 3.8) is 0 Å². The number of anilines is 1. The van der Waals surface area contributed by atoms with Gasteiger partial charge in [0.05, 0.1) is 10.6 Å². The predicted molar refractivity (Wildman–Crippen MR) is 85.2 cm³/mol. The van der Waals surface area contributed by atoms with E-state index < -0.39 is 10.8 Å². The molecule has 10 heteroatoms. The molecule has 1 heterocycles. The van der Waals surface area contributed by atoms with E-state index in [9.17, 15) is 14.9 Å². The third kappa shape index (κ3) is 3.20. The van der Waals surface area contributed by atoms with Crippen molar-refractivity contribution in [2.75, 3.05) is 5.32 Å². The summed E-state index contributed by atoms with van der Waals surface area (Å²) in [6.45, 7) is 0. The highest BCUT2D eigenvalue weighted by molar-refractivity contribution is 6.32. The molecule has 120 valence electrons. The summed E-state index contributed by atoms with van der Waals surface area (Å²) in [4.78, 5) is 22.5. The van der Waals surface area contributed by atoms with Crippen molar-refractivity contribution in [3.05, 3.63) is 69.5 Å². The van der Waals surface area contributed by atoms with Gasteiger partial charge in [-0.05, 0) is 40.8 Å². The van der Waals surface area contributed by atoms with E-state index in [1.807, 2.05) is 0 Å². The lowest BCUT2D eigenvalue weighted by molar-refractivity contribution is -0.384. The number of carbonyl (C=O) groups is 1. The zero-order valence-corrected chi connectivity index (χ0v) is 12.7. The zero-order chi connectivity index (χ0) is 17.1. The van der Waals surface area contributed by atoms with E-state index in [4.69, 9.17) is 11.6 Å². The highest BCUT2D eigenvalue weighted by Crippen LogP contribution is 2.25. The number of hydrogen-bond acceptors (Lipinski definition) is 6. The molecule has 1 N–H and O–H groups in total. The minimum atomic E-state index is -0.641. The van der Waals surface area contributed by atoms with Crippen LogP contribution in [0, 0.1) is 10.1 Å². The van der Waals surface area contributed by atoms with E-state index in [-0.39, 0.29) is 16.3 Å². The molecule has 0 saturated carbocycles. The first-order valence-corrected chi connectivity index (χ1v) is 7.01. The molecule has 0 radical (unpaired) electrons. The molecule has 0 saturated heterocycles. The maximum atomic E-state index is 12.3. The minimum absolute atomic E-state index is 0.0303. The van der Waals surface area contributed by atoms with Crippen molar-refractivity contribution in [2.45, 2.75) is 0 Å². The fourth-order valence-electron chi connectivity index (χ4n) is 2.00. The highest BCUT2D eigenvalue weighted by atomic mass is 35.5. The minimum Gasteiger partial charge on any atom is -0.322 e. The average molecular weight is 345 g/mol. The molecule has 0 aliphatic carbocycles. The fraction of sp³-hybridized carbons (Fsp3) is 0. The Kier molecular flexibility index (Phi) is 4.17. The smallest absolute Gasteiger partial charge is 0.288 e. The first-order chi connectivity index (χ1) is 11.5. The number of aromatic nitrogens is 4. The van der Waals surface area contributed by atoms with Gasteiger partial charge in [-0.2, -0.15) is 0 Å². The molecule has 24 heavy (non-hydrogen) atoms. The average Bonchev–Trinajstić information content (AvgIpc) is 3.09. The van der Waals surface area contributed by atoms with E-state index in [0.29, 0.717) is 11.4 Å². The monoisotopic (exact) mass is 344 g/mol. The summed E-state index contributed by atoms with van der Waals surface area (Å²) in [6.07, 6.45) is 1.42. The van der Waals surface area contributed by atoms with Crippen LogP contribution in [0.5, 0.6) is 0 Å². The van der Waals surface area contributed by atoms with Gasteiger partial charge < -0.3 is 5.32 Å². The highest BCUT2D eigenvalue weighted by Gasteiger charge is 2.16. The number of tetrazole rings is 1. The molecule has 0 aliphatic heterocycles. The molecule has 3 rings (SSSR count). The van der Waals surface area contributed by atoms with Crippen LogP contribution in [-0.4, -0.2) is 31.0 Å². The quantitative estimate of drug-likeness (QED) is 0.574. The largest absolute Gasteiger partial charge is 0.322 e. The molecule has 0 atom stereocenters. The van der Waals surface area contributed by atoms with Gasteiger partial charge in [-0.1, -0.05) is 17.7 Å². The van der Waals surface area contributed by atoms with Crippen LogP contribution in [0.15, 0.2) is 48.8 Å². The summed E-state index contributed by atoms with van der Waals surface area (Å²) in [5, 5.41) is 24.4. The molecule has 1 amide bonds. The Morgan fingerprint density at radius 2 is 2.08 bits per heavy atom. The summed E-state index contributed by atoms with van der Waals surface area (Å²) >= 11 is 5.74. The number of nitro benzene ring substituents is 1. The molecule has 1 aromatic heterocycles. The van der Waals surface area contributed by atoms with Crippen molar-refractivity contribution < 1.29 is 9.72 Å². The second-order valence-electron chi connectivity index (χ2n) is 4.68. The van der Waals surface area contributed by atoms with Crippen molar-refractivity contribution in [1.29, 1.82) is 0 Å². The standard InChI is InChI=1S/C14H9ClN6O3/c15-12-5-4-9(6-13(12)21(23)24)14(22)17-10-2-1-3-11(7-10)20-8-16-18-19-20/h1-8H,(H,17,22). The van der Waals surface area contributed by atoms with Gasteiger partial charge in [0.1, 0.15) is 11.3 Å². The lowest BCUT2D eigenvalue weighted by Gasteiger charge is -2.07. The maximum Gasteiger partial charge on any atom is 0.288 e. The summed E-state index contributed by atoms with van der Waals surface area (Å²) in [7, 11) is 0. The Balaban J connectivity index is 1.84. The summed E-state index contributed by atoms with van der Waals surface area (Å²) < 4.78 is 1.43. The van der Waals surface area contributed by atoms with Crippen LogP contribution in [0.4, 0.5) is 11.4 Å². The maximum absolute atomic E-state index is 12.3. The van der Waals surface area contributed by atoms with Crippen LogP contribution >= 0.6 is 11.6 Å². The lowest BCUT2D eigenvalue weighted by atomic mass is 10.2. The Bertz CT molecular complexity index is 913. The number of benzene rings is 2. The van der Waals surface area contributed by atoms with Gasteiger partial charge in [-0.3, -0.25) is 14.9 Å². The van der Waals surface area contributed by atoms with Crippen LogP contribution in [0.1, 0.15) is 10.4 Å². The molecule has 0 bridgehead atoms. The number of hydrogen-bond donors (Lipinski definition) is 1. The number of nitrogens with zero attached hydrogens (tertiary/aromatic N) is 5. The molecular weight excluding hydrogens is 336 g/mol.